The molecule has 0 spiro atoms. The highest BCUT2D eigenvalue weighted by Gasteiger charge is 2.46. The summed E-state index contributed by atoms with van der Waals surface area (Å²) < 4.78 is 1.16. The summed E-state index contributed by atoms with van der Waals surface area (Å²) in [6.07, 6.45) is 2.82. The SMILES string of the molecule is CC1(C2CC2)CNCCN1Cc1ccc(Br)cc1. The molecule has 1 saturated heterocycles. The standard InChI is InChI=1S/C15H21BrN2/c1-15(13-4-5-13)11-17-8-9-18(15)10-12-2-6-14(16)7-3-12/h2-3,6-7,13,17H,4-5,8-11H2,1H3. The number of hydrogen-bond donors (Lipinski definition) is 1. The molecule has 0 bridgehead atoms. The second-order valence-electron chi connectivity index (χ2n) is 5.86. The van der Waals surface area contributed by atoms with E-state index in [-0.39, 0.29) is 0 Å². The fourth-order valence-corrected chi connectivity index (χ4v) is 3.36. The Labute approximate surface area is 118 Å². The highest BCUT2D eigenvalue weighted by atomic mass is 79.9. The molecule has 2 nitrogen and oxygen atoms in total. The van der Waals surface area contributed by atoms with Crippen LogP contribution in [0.2, 0.25) is 0 Å². The Morgan fingerprint density at radius 2 is 2.06 bits per heavy atom. The predicted octanol–water partition coefficient (Wildman–Crippen LogP) is 3.02. The lowest BCUT2D eigenvalue weighted by atomic mass is 9.90. The lowest BCUT2D eigenvalue weighted by Crippen LogP contribution is -2.60. The van der Waals surface area contributed by atoms with Crippen molar-refractivity contribution in [1.29, 1.82) is 0 Å². The molecule has 1 aromatic carbocycles. The molecule has 98 valence electrons. The molecule has 0 aromatic heterocycles. The summed E-state index contributed by atoms with van der Waals surface area (Å²) in [5.74, 6) is 0.903. The Morgan fingerprint density at radius 1 is 1.33 bits per heavy atom. The lowest BCUT2D eigenvalue weighted by Gasteiger charge is -2.46. The number of halogens is 1. The Kier molecular flexibility index (Phi) is 3.48. The first-order valence-corrected chi connectivity index (χ1v) is 7.68. The molecule has 0 radical (unpaired) electrons. The molecule has 1 aliphatic heterocycles. The van der Waals surface area contributed by atoms with Crippen LogP contribution in [0.25, 0.3) is 0 Å². The zero-order chi connectivity index (χ0) is 12.6. The zero-order valence-electron chi connectivity index (χ0n) is 11.0. The van der Waals surface area contributed by atoms with Crippen molar-refractivity contribution in [3.05, 3.63) is 34.3 Å². The predicted molar refractivity (Wildman–Crippen MR) is 78.6 cm³/mol. The molecule has 2 fully saturated rings. The van der Waals surface area contributed by atoms with Crippen LogP contribution in [-0.4, -0.2) is 30.1 Å². The van der Waals surface area contributed by atoms with Crippen molar-refractivity contribution in [3.63, 3.8) is 0 Å². The van der Waals surface area contributed by atoms with Gasteiger partial charge < -0.3 is 5.32 Å². The second kappa shape index (κ2) is 4.95. The van der Waals surface area contributed by atoms with Crippen molar-refractivity contribution in [2.24, 2.45) is 5.92 Å². The second-order valence-corrected chi connectivity index (χ2v) is 6.77. The van der Waals surface area contributed by atoms with Crippen LogP contribution in [-0.2, 0) is 6.54 Å². The van der Waals surface area contributed by atoms with Crippen LogP contribution in [0.3, 0.4) is 0 Å². The van der Waals surface area contributed by atoms with E-state index in [0.29, 0.717) is 5.54 Å². The zero-order valence-corrected chi connectivity index (χ0v) is 12.5. The average Bonchev–Trinajstić information content (AvgIpc) is 3.19. The molecule has 1 unspecified atom stereocenters. The van der Waals surface area contributed by atoms with E-state index >= 15 is 0 Å². The van der Waals surface area contributed by atoms with Gasteiger partial charge in [-0.15, -0.1) is 0 Å². The first-order chi connectivity index (χ1) is 8.68. The van der Waals surface area contributed by atoms with Crippen LogP contribution in [0, 0.1) is 5.92 Å². The van der Waals surface area contributed by atoms with Gasteiger partial charge in [0, 0.05) is 36.2 Å². The van der Waals surface area contributed by atoms with Gasteiger partial charge in [-0.2, -0.15) is 0 Å². The Morgan fingerprint density at radius 3 is 2.72 bits per heavy atom. The highest BCUT2D eigenvalue weighted by molar-refractivity contribution is 9.10. The van der Waals surface area contributed by atoms with Crippen molar-refractivity contribution in [2.75, 3.05) is 19.6 Å². The normalized spacial score (nSPS) is 29.4. The molecule has 1 N–H and O–H groups in total. The molecular weight excluding hydrogens is 288 g/mol. The molecule has 1 aliphatic carbocycles. The van der Waals surface area contributed by atoms with Crippen LogP contribution >= 0.6 is 15.9 Å². The lowest BCUT2D eigenvalue weighted by molar-refractivity contribution is 0.0484. The first kappa shape index (κ1) is 12.6. The minimum Gasteiger partial charge on any atom is -0.314 e. The average molecular weight is 309 g/mol. The number of rotatable bonds is 3. The molecule has 1 aromatic rings. The number of hydrogen-bond acceptors (Lipinski definition) is 2. The smallest absolute Gasteiger partial charge is 0.0337 e. The van der Waals surface area contributed by atoms with E-state index in [2.05, 4.69) is 57.3 Å². The fraction of sp³-hybridized carbons (Fsp3) is 0.600. The van der Waals surface area contributed by atoms with E-state index in [0.717, 1.165) is 30.0 Å². The van der Waals surface area contributed by atoms with E-state index in [4.69, 9.17) is 0 Å². The maximum absolute atomic E-state index is 3.57. The minimum absolute atomic E-state index is 0.366. The summed E-state index contributed by atoms with van der Waals surface area (Å²) in [4.78, 5) is 2.68. The summed E-state index contributed by atoms with van der Waals surface area (Å²) >= 11 is 3.50. The maximum Gasteiger partial charge on any atom is 0.0337 e. The van der Waals surface area contributed by atoms with Crippen LogP contribution in [0.1, 0.15) is 25.3 Å². The van der Waals surface area contributed by atoms with Crippen LogP contribution in [0.15, 0.2) is 28.7 Å². The third-order valence-corrected chi connectivity index (χ3v) is 5.04. The summed E-state index contributed by atoms with van der Waals surface area (Å²) in [6.45, 7) is 6.97. The van der Waals surface area contributed by atoms with Crippen molar-refractivity contribution < 1.29 is 0 Å². The van der Waals surface area contributed by atoms with E-state index in [1.165, 1.54) is 24.9 Å². The first-order valence-electron chi connectivity index (χ1n) is 6.89. The van der Waals surface area contributed by atoms with Crippen molar-refractivity contribution in [2.45, 2.75) is 31.8 Å². The molecule has 1 saturated carbocycles. The topological polar surface area (TPSA) is 15.3 Å². The van der Waals surface area contributed by atoms with Gasteiger partial charge in [-0.1, -0.05) is 28.1 Å². The summed E-state index contributed by atoms with van der Waals surface area (Å²) in [5, 5.41) is 3.57. The van der Waals surface area contributed by atoms with Gasteiger partial charge in [0.1, 0.15) is 0 Å². The third kappa shape index (κ3) is 2.49. The van der Waals surface area contributed by atoms with E-state index in [9.17, 15) is 0 Å². The van der Waals surface area contributed by atoms with Gasteiger partial charge in [0.25, 0.3) is 0 Å². The van der Waals surface area contributed by atoms with Crippen molar-refractivity contribution in [3.8, 4) is 0 Å². The summed E-state index contributed by atoms with van der Waals surface area (Å²) in [7, 11) is 0. The van der Waals surface area contributed by atoms with Crippen LogP contribution in [0.4, 0.5) is 0 Å². The fourth-order valence-electron chi connectivity index (χ4n) is 3.10. The van der Waals surface area contributed by atoms with E-state index in [1.807, 2.05) is 0 Å². The van der Waals surface area contributed by atoms with Gasteiger partial charge in [-0.25, -0.2) is 0 Å². The number of benzene rings is 1. The van der Waals surface area contributed by atoms with Gasteiger partial charge in [0.15, 0.2) is 0 Å². The van der Waals surface area contributed by atoms with Crippen molar-refractivity contribution >= 4 is 15.9 Å². The Hall–Kier alpha value is -0.380. The molecule has 0 amide bonds. The Bertz CT molecular complexity index is 413. The molecule has 1 heterocycles. The van der Waals surface area contributed by atoms with E-state index < -0.39 is 0 Å². The molecule has 18 heavy (non-hydrogen) atoms. The monoisotopic (exact) mass is 308 g/mol. The van der Waals surface area contributed by atoms with Crippen LogP contribution < -0.4 is 5.32 Å². The third-order valence-electron chi connectivity index (χ3n) is 4.51. The maximum atomic E-state index is 3.57. The molecule has 3 rings (SSSR count). The van der Waals surface area contributed by atoms with Gasteiger partial charge >= 0.3 is 0 Å². The minimum atomic E-state index is 0.366. The summed E-state index contributed by atoms with van der Waals surface area (Å²) in [5.41, 5.74) is 1.79. The highest BCUT2D eigenvalue weighted by Crippen LogP contribution is 2.43. The molecule has 2 aliphatic rings. The van der Waals surface area contributed by atoms with Gasteiger partial charge in [0.05, 0.1) is 0 Å². The summed E-state index contributed by atoms with van der Waals surface area (Å²) in [6, 6.07) is 8.76. The Balaban J connectivity index is 1.75. The van der Waals surface area contributed by atoms with Gasteiger partial charge in [-0.3, -0.25) is 4.90 Å². The number of nitrogens with zero attached hydrogens (tertiary/aromatic N) is 1. The van der Waals surface area contributed by atoms with E-state index in [1.54, 1.807) is 0 Å². The largest absolute Gasteiger partial charge is 0.314 e. The number of nitrogens with one attached hydrogen (secondary N) is 1. The molecule has 3 heteroatoms. The number of piperazine rings is 1. The molecule has 1 atom stereocenters. The van der Waals surface area contributed by atoms with Gasteiger partial charge in [0.2, 0.25) is 0 Å². The quantitative estimate of drug-likeness (QED) is 0.923. The van der Waals surface area contributed by atoms with Gasteiger partial charge in [-0.05, 0) is 43.4 Å². The van der Waals surface area contributed by atoms with Crippen molar-refractivity contribution in [1.82, 2.24) is 10.2 Å². The molecular formula is C15H21BrN2. The van der Waals surface area contributed by atoms with Crippen LogP contribution in [0.5, 0.6) is 0 Å².